The van der Waals surface area contributed by atoms with Gasteiger partial charge in [0.05, 0.1) is 6.54 Å². The van der Waals surface area contributed by atoms with Gasteiger partial charge < -0.3 is 20.3 Å². The first-order valence-electron chi connectivity index (χ1n) is 7.14. The zero-order valence-electron chi connectivity index (χ0n) is 12.2. The van der Waals surface area contributed by atoms with E-state index in [1.807, 2.05) is 4.90 Å². The Morgan fingerprint density at radius 2 is 2.05 bits per heavy atom. The molecule has 1 aromatic carbocycles. The van der Waals surface area contributed by atoms with Crippen molar-refractivity contribution in [2.75, 3.05) is 38.6 Å². The maximum absolute atomic E-state index is 11.9. The Morgan fingerprint density at radius 1 is 1.29 bits per heavy atom. The summed E-state index contributed by atoms with van der Waals surface area (Å²) in [4.78, 5) is 25.2. The number of benzene rings is 1. The summed E-state index contributed by atoms with van der Waals surface area (Å²) in [6, 6.07) is 7.04. The summed E-state index contributed by atoms with van der Waals surface area (Å²) < 4.78 is 5.50. The highest BCUT2D eigenvalue weighted by molar-refractivity contribution is 5.92. The Bertz CT molecular complexity index is 499. The van der Waals surface area contributed by atoms with Crippen LogP contribution in [0.1, 0.15) is 12.8 Å². The maximum atomic E-state index is 11.9. The Hall–Kier alpha value is -2.08. The fraction of sp³-hybridized carbons (Fsp3) is 0.467. The van der Waals surface area contributed by atoms with E-state index in [4.69, 9.17) is 4.74 Å². The molecule has 2 amide bonds. The van der Waals surface area contributed by atoms with Crippen molar-refractivity contribution < 1.29 is 14.3 Å². The average Bonchev–Trinajstić information content (AvgIpc) is 2.99. The van der Waals surface area contributed by atoms with Gasteiger partial charge in [-0.25, -0.2) is 0 Å². The van der Waals surface area contributed by atoms with Gasteiger partial charge in [-0.2, -0.15) is 0 Å². The molecule has 0 bridgehead atoms. The van der Waals surface area contributed by atoms with Gasteiger partial charge in [0.15, 0.2) is 6.61 Å². The number of hydrogen-bond donors (Lipinski definition) is 2. The molecule has 0 unspecified atom stereocenters. The maximum Gasteiger partial charge on any atom is 0.260 e. The summed E-state index contributed by atoms with van der Waals surface area (Å²) in [6.07, 6.45) is 2.14. The SMILES string of the molecule is CNCC(=O)Nc1cccc(OCC(=O)N2CCCC2)c1. The molecule has 2 rings (SSSR count). The van der Waals surface area contributed by atoms with Gasteiger partial charge in [-0.05, 0) is 32.0 Å². The minimum absolute atomic E-state index is 0.0112. The quantitative estimate of drug-likeness (QED) is 0.815. The molecule has 0 spiro atoms. The fourth-order valence-corrected chi connectivity index (χ4v) is 2.23. The molecule has 0 atom stereocenters. The van der Waals surface area contributed by atoms with E-state index in [-0.39, 0.29) is 25.0 Å². The molecular weight excluding hydrogens is 270 g/mol. The molecule has 6 heteroatoms. The van der Waals surface area contributed by atoms with E-state index in [0.29, 0.717) is 11.4 Å². The number of likely N-dealkylation sites (N-methyl/N-ethyl adjacent to an activating group) is 1. The smallest absolute Gasteiger partial charge is 0.260 e. The molecule has 1 aliphatic heterocycles. The predicted molar refractivity (Wildman–Crippen MR) is 80.3 cm³/mol. The van der Waals surface area contributed by atoms with Gasteiger partial charge in [-0.1, -0.05) is 6.07 Å². The molecule has 21 heavy (non-hydrogen) atoms. The minimum atomic E-state index is -0.122. The number of nitrogens with zero attached hydrogens (tertiary/aromatic N) is 1. The number of carbonyl (C=O) groups excluding carboxylic acids is 2. The number of ether oxygens (including phenoxy) is 1. The Labute approximate surface area is 124 Å². The number of likely N-dealkylation sites (tertiary alicyclic amines) is 1. The van der Waals surface area contributed by atoms with Gasteiger partial charge in [0.25, 0.3) is 5.91 Å². The first-order valence-corrected chi connectivity index (χ1v) is 7.14. The van der Waals surface area contributed by atoms with E-state index < -0.39 is 0 Å². The van der Waals surface area contributed by atoms with Crippen molar-refractivity contribution in [2.24, 2.45) is 0 Å². The van der Waals surface area contributed by atoms with Crippen LogP contribution in [0.15, 0.2) is 24.3 Å². The van der Waals surface area contributed by atoms with Crippen molar-refractivity contribution in [2.45, 2.75) is 12.8 Å². The zero-order chi connectivity index (χ0) is 15.1. The third kappa shape index (κ3) is 4.75. The number of hydrogen-bond acceptors (Lipinski definition) is 4. The Balaban J connectivity index is 1.85. The van der Waals surface area contributed by atoms with E-state index in [1.165, 1.54) is 0 Å². The van der Waals surface area contributed by atoms with Crippen LogP contribution in [0, 0.1) is 0 Å². The topological polar surface area (TPSA) is 70.7 Å². The molecule has 0 radical (unpaired) electrons. The highest BCUT2D eigenvalue weighted by Crippen LogP contribution is 2.17. The lowest BCUT2D eigenvalue weighted by molar-refractivity contribution is -0.132. The van der Waals surface area contributed by atoms with Gasteiger partial charge >= 0.3 is 0 Å². The van der Waals surface area contributed by atoms with Crippen LogP contribution in [-0.4, -0.2) is 50.0 Å². The minimum Gasteiger partial charge on any atom is -0.484 e. The van der Waals surface area contributed by atoms with E-state index in [9.17, 15) is 9.59 Å². The highest BCUT2D eigenvalue weighted by Gasteiger charge is 2.18. The van der Waals surface area contributed by atoms with Crippen LogP contribution in [0.5, 0.6) is 5.75 Å². The summed E-state index contributed by atoms with van der Waals surface area (Å²) in [5.74, 6) is 0.463. The lowest BCUT2D eigenvalue weighted by atomic mass is 10.3. The van der Waals surface area contributed by atoms with Gasteiger partial charge in [-0.15, -0.1) is 0 Å². The van der Waals surface area contributed by atoms with Gasteiger partial charge in [0, 0.05) is 24.8 Å². The molecule has 1 heterocycles. The van der Waals surface area contributed by atoms with Crippen LogP contribution < -0.4 is 15.4 Å². The molecule has 0 saturated carbocycles. The van der Waals surface area contributed by atoms with Crippen LogP contribution in [-0.2, 0) is 9.59 Å². The lowest BCUT2D eigenvalue weighted by Crippen LogP contribution is -2.32. The number of anilines is 1. The van der Waals surface area contributed by atoms with Crippen molar-refractivity contribution in [1.29, 1.82) is 0 Å². The first-order chi connectivity index (χ1) is 10.2. The average molecular weight is 291 g/mol. The lowest BCUT2D eigenvalue weighted by Gasteiger charge is -2.15. The van der Waals surface area contributed by atoms with Crippen molar-refractivity contribution in [3.05, 3.63) is 24.3 Å². The second-order valence-electron chi connectivity index (χ2n) is 4.98. The largest absolute Gasteiger partial charge is 0.484 e. The van der Waals surface area contributed by atoms with Crippen LogP contribution in [0.4, 0.5) is 5.69 Å². The number of nitrogens with one attached hydrogen (secondary N) is 2. The van der Waals surface area contributed by atoms with Crippen molar-refractivity contribution >= 4 is 17.5 Å². The van der Waals surface area contributed by atoms with Crippen LogP contribution in [0.2, 0.25) is 0 Å². The molecule has 6 nitrogen and oxygen atoms in total. The molecule has 1 fully saturated rings. The standard InChI is InChI=1S/C15H21N3O3/c1-16-10-14(19)17-12-5-4-6-13(9-12)21-11-15(20)18-7-2-3-8-18/h4-6,9,16H,2-3,7-8,10-11H2,1H3,(H,17,19). The molecule has 114 valence electrons. The van der Waals surface area contributed by atoms with Crippen LogP contribution in [0.3, 0.4) is 0 Å². The normalized spacial score (nSPS) is 14.0. The molecule has 1 saturated heterocycles. The number of amides is 2. The first kappa shape index (κ1) is 15.3. The van der Waals surface area contributed by atoms with Crippen LogP contribution in [0.25, 0.3) is 0 Å². The third-order valence-corrected chi connectivity index (χ3v) is 3.28. The molecule has 0 aliphatic carbocycles. The van der Waals surface area contributed by atoms with Gasteiger partial charge in [0.2, 0.25) is 5.91 Å². The zero-order valence-corrected chi connectivity index (χ0v) is 12.2. The second kappa shape index (κ2) is 7.64. The van der Waals surface area contributed by atoms with E-state index in [0.717, 1.165) is 25.9 Å². The van der Waals surface area contributed by atoms with Crippen molar-refractivity contribution in [3.8, 4) is 5.75 Å². The van der Waals surface area contributed by atoms with Gasteiger partial charge in [0.1, 0.15) is 5.75 Å². The fourth-order valence-electron chi connectivity index (χ4n) is 2.23. The summed E-state index contributed by atoms with van der Waals surface area (Å²) in [5.41, 5.74) is 0.654. The predicted octanol–water partition coefficient (Wildman–Crippen LogP) is 0.846. The molecular formula is C15H21N3O3. The Morgan fingerprint density at radius 3 is 2.76 bits per heavy atom. The molecule has 2 N–H and O–H groups in total. The Kier molecular flexibility index (Phi) is 5.57. The molecule has 1 aromatic rings. The number of rotatable bonds is 6. The number of carbonyl (C=O) groups is 2. The summed E-state index contributed by atoms with van der Waals surface area (Å²) >= 11 is 0. The van der Waals surface area contributed by atoms with Crippen LogP contribution >= 0.6 is 0 Å². The van der Waals surface area contributed by atoms with E-state index >= 15 is 0 Å². The van der Waals surface area contributed by atoms with E-state index in [1.54, 1.807) is 31.3 Å². The third-order valence-electron chi connectivity index (χ3n) is 3.28. The summed E-state index contributed by atoms with van der Waals surface area (Å²) in [6.45, 7) is 1.93. The summed E-state index contributed by atoms with van der Waals surface area (Å²) in [5, 5.41) is 5.53. The van der Waals surface area contributed by atoms with Gasteiger partial charge in [-0.3, -0.25) is 9.59 Å². The highest BCUT2D eigenvalue weighted by atomic mass is 16.5. The monoisotopic (exact) mass is 291 g/mol. The molecule has 0 aromatic heterocycles. The van der Waals surface area contributed by atoms with Crippen molar-refractivity contribution in [3.63, 3.8) is 0 Å². The van der Waals surface area contributed by atoms with E-state index in [2.05, 4.69) is 10.6 Å². The second-order valence-corrected chi connectivity index (χ2v) is 4.98. The van der Waals surface area contributed by atoms with Crippen molar-refractivity contribution in [1.82, 2.24) is 10.2 Å². The molecule has 1 aliphatic rings. The summed E-state index contributed by atoms with van der Waals surface area (Å²) in [7, 11) is 1.71.